The van der Waals surface area contributed by atoms with E-state index >= 15 is 0 Å². The quantitative estimate of drug-likeness (QED) is 0.772. The zero-order valence-corrected chi connectivity index (χ0v) is 9.11. The smallest absolute Gasteiger partial charge is 0.0719 e. The van der Waals surface area contributed by atoms with Crippen LogP contribution in [0.1, 0.15) is 24.0 Å². The number of ether oxygens (including phenoxy) is 1. The molecule has 0 saturated heterocycles. The van der Waals surface area contributed by atoms with Crippen molar-refractivity contribution in [2.45, 2.75) is 25.9 Å². The van der Waals surface area contributed by atoms with Crippen LogP contribution in [0.5, 0.6) is 0 Å². The van der Waals surface area contributed by atoms with Gasteiger partial charge < -0.3 is 10.5 Å². The third-order valence-electron chi connectivity index (χ3n) is 2.84. The molecule has 0 radical (unpaired) electrons. The molecule has 0 heterocycles. The Labute approximate surface area is 91.4 Å². The number of hydrogen-bond donors (Lipinski definition) is 1. The second kappa shape index (κ2) is 5.29. The first-order chi connectivity index (χ1) is 7.40. The van der Waals surface area contributed by atoms with Crippen LogP contribution in [-0.4, -0.2) is 13.2 Å². The molecule has 1 aromatic carbocycles. The van der Waals surface area contributed by atoms with Crippen molar-refractivity contribution < 1.29 is 4.74 Å². The molecule has 0 aromatic heterocycles. The molecule has 1 aromatic rings. The molecule has 2 rings (SSSR count). The Hall–Kier alpha value is -0.860. The van der Waals surface area contributed by atoms with E-state index in [1.807, 2.05) is 0 Å². The van der Waals surface area contributed by atoms with Gasteiger partial charge in [0.25, 0.3) is 0 Å². The SMILES string of the molecule is NCCc1ccccc1COCC1CC1. The maximum atomic E-state index is 5.69. The van der Waals surface area contributed by atoms with Gasteiger partial charge in [0.1, 0.15) is 0 Å². The second-order valence-corrected chi connectivity index (χ2v) is 4.27. The maximum Gasteiger partial charge on any atom is 0.0719 e. The van der Waals surface area contributed by atoms with Gasteiger partial charge >= 0.3 is 0 Å². The summed E-state index contributed by atoms with van der Waals surface area (Å²) in [6, 6.07) is 8.41. The molecule has 0 bridgehead atoms. The normalized spacial score (nSPS) is 15.5. The van der Waals surface area contributed by atoms with Crippen LogP contribution in [0.25, 0.3) is 0 Å². The standard InChI is InChI=1S/C13H19NO/c14-8-7-12-3-1-2-4-13(12)10-15-9-11-5-6-11/h1-4,11H,5-10,14H2. The zero-order chi connectivity index (χ0) is 10.5. The van der Waals surface area contributed by atoms with E-state index in [0.717, 1.165) is 25.6 Å². The summed E-state index contributed by atoms with van der Waals surface area (Å²) in [4.78, 5) is 0. The largest absolute Gasteiger partial charge is 0.376 e. The lowest BCUT2D eigenvalue weighted by atomic mass is 10.1. The fourth-order valence-corrected chi connectivity index (χ4v) is 1.72. The van der Waals surface area contributed by atoms with E-state index in [9.17, 15) is 0 Å². The molecule has 1 saturated carbocycles. The summed E-state index contributed by atoms with van der Waals surface area (Å²) >= 11 is 0. The minimum absolute atomic E-state index is 0.708. The maximum absolute atomic E-state index is 5.69. The van der Waals surface area contributed by atoms with Crippen LogP contribution in [0.2, 0.25) is 0 Å². The van der Waals surface area contributed by atoms with Crippen molar-refractivity contribution in [2.24, 2.45) is 11.7 Å². The van der Waals surface area contributed by atoms with E-state index in [-0.39, 0.29) is 0 Å². The van der Waals surface area contributed by atoms with Crippen LogP contribution in [0.4, 0.5) is 0 Å². The van der Waals surface area contributed by atoms with Gasteiger partial charge in [-0.3, -0.25) is 0 Å². The van der Waals surface area contributed by atoms with Crippen molar-refractivity contribution in [3.63, 3.8) is 0 Å². The summed E-state index contributed by atoms with van der Waals surface area (Å²) < 4.78 is 5.69. The van der Waals surface area contributed by atoms with Crippen molar-refractivity contribution in [1.29, 1.82) is 0 Å². The lowest BCUT2D eigenvalue weighted by Gasteiger charge is -2.08. The zero-order valence-electron chi connectivity index (χ0n) is 9.11. The summed E-state index contributed by atoms with van der Waals surface area (Å²) in [6.45, 7) is 2.38. The Morgan fingerprint density at radius 1 is 1.20 bits per heavy atom. The molecule has 0 spiro atoms. The molecular weight excluding hydrogens is 186 g/mol. The Morgan fingerprint density at radius 2 is 1.93 bits per heavy atom. The van der Waals surface area contributed by atoms with Crippen LogP contribution in [-0.2, 0) is 17.8 Å². The lowest BCUT2D eigenvalue weighted by Crippen LogP contribution is -2.06. The highest BCUT2D eigenvalue weighted by atomic mass is 16.5. The highest BCUT2D eigenvalue weighted by Crippen LogP contribution is 2.29. The number of hydrogen-bond acceptors (Lipinski definition) is 2. The molecule has 1 aliphatic carbocycles. The molecular formula is C13H19NO. The molecule has 2 heteroatoms. The van der Waals surface area contributed by atoms with Gasteiger partial charge in [-0.05, 0) is 42.9 Å². The molecule has 15 heavy (non-hydrogen) atoms. The fraction of sp³-hybridized carbons (Fsp3) is 0.538. The van der Waals surface area contributed by atoms with E-state index in [1.54, 1.807) is 0 Å². The van der Waals surface area contributed by atoms with Crippen molar-refractivity contribution in [3.05, 3.63) is 35.4 Å². The van der Waals surface area contributed by atoms with Crippen LogP contribution in [0.15, 0.2) is 24.3 Å². The average Bonchev–Trinajstić information content (AvgIpc) is 3.05. The summed E-state index contributed by atoms with van der Waals surface area (Å²) in [5, 5.41) is 0. The number of benzene rings is 1. The predicted octanol–water partition coefficient (Wildman–Crippen LogP) is 2.11. The fourth-order valence-electron chi connectivity index (χ4n) is 1.72. The van der Waals surface area contributed by atoms with Gasteiger partial charge in [0.2, 0.25) is 0 Å². The molecule has 2 N–H and O–H groups in total. The van der Waals surface area contributed by atoms with E-state index in [0.29, 0.717) is 6.54 Å². The first-order valence-corrected chi connectivity index (χ1v) is 5.74. The third-order valence-corrected chi connectivity index (χ3v) is 2.84. The van der Waals surface area contributed by atoms with Gasteiger partial charge in [0, 0.05) is 6.61 Å². The Kier molecular flexibility index (Phi) is 3.75. The lowest BCUT2D eigenvalue weighted by molar-refractivity contribution is 0.111. The van der Waals surface area contributed by atoms with Crippen molar-refractivity contribution >= 4 is 0 Å². The number of rotatable bonds is 6. The monoisotopic (exact) mass is 205 g/mol. The number of nitrogens with two attached hydrogens (primary N) is 1. The molecule has 0 amide bonds. The molecule has 1 aliphatic rings. The second-order valence-electron chi connectivity index (χ2n) is 4.27. The Morgan fingerprint density at radius 3 is 2.60 bits per heavy atom. The first kappa shape index (κ1) is 10.7. The van der Waals surface area contributed by atoms with Crippen LogP contribution >= 0.6 is 0 Å². The van der Waals surface area contributed by atoms with Crippen LogP contribution in [0, 0.1) is 5.92 Å². The Bertz CT molecular complexity index is 307. The molecule has 2 nitrogen and oxygen atoms in total. The summed E-state index contributed by atoms with van der Waals surface area (Å²) in [5.74, 6) is 0.840. The first-order valence-electron chi connectivity index (χ1n) is 5.74. The molecule has 1 fully saturated rings. The van der Waals surface area contributed by atoms with E-state index < -0.39 is 0 Å². The van der Waals surface area contributed by atoms with Gasteiger partial charge in [0.05, 0.1) is 6.61 Å². The topological polar surface area (TPSA) is 35.2 Å². The molecule has 82 valence electrons. The van der Waals surface area contributed by atoms with Gasteiger partial charge in [-0.25, -0.2) is 0 Å². The van der Waals surface area contributed by atoms with E-state index in [1.165, 1.54) is 24.0 Å². The van der Waals surface area contributed by atoms with E-state index in [4.69, 9.17) is 10.5 Å². The van der Waals surface area contributed by atoms with Crippen molar-refractivity contribution in [2.75, 3.05) is 13.2 Å². The summed E-state index contributed by atoms with van der Waals surface area (Å²) in [5.41, 5.74) is 8.20. The third kappa shape index (κ3) is 3.33. The predicted molar refractivity (Wildman–Crippen MR) is 61.6 cm³/mol. The summed E-state index contributed by atoms with van der Waals surface area (Å²) in [6.07, 6.45) is 3.65. The van der Waals surface area contributed by atoms with E-state index in [2.05, 4.69) is 24.3 Å². The molecule has 0 unspecified atom stereocenters. The molecule has 0 atom stereocenters. The van der Waals surface area contributed by atoms with Gasteiger partial charge in [-0.2, -0.15) is 0 Å². The molecule has 0 aliphatic heterocycles. The highest BCUT2D eigenvalue weighted by Gasteiger charge is 2.21. The van der Waals surface area contributed by atoms with Gasteiger partial charge in [-0.15, -0.1) is 0 Å². The highest BCUT2D eigenvalue weighted by molar-refractivity contribution is 5.26. The summed E-state index contributed by atoms with van der Waals surface area (Å²) in [7, 11) is 0. The van der Waals surface area contributed by atoms with Crippen molar-refractivity contribution in [3.8, 4) is 0 Å². The van der Waals surface area contributed by atoms with Gasteiger partial charge in [-0.1, -0.05) is 24.3 Å². The average molecular weight is 205 g/mol. The Balaban J connectivity index is 1.86. The minimum atomic E-state index is 0.708. The minimum Gasteiger partial charge on any atom is -0.376 e. The van der Waals surface area contributed by atoms with Crippen LogP contribution < -0.4 is 5.73 Å². The van der Waals surface area contributed by atoms with Crippen molar-refractivity contribution in [1.82, 2.24) is 0 Å². The van der Waals surface area contributed by atoms with Gasteiger partial charge in [0.15, 0.2) is 0 Å². The van der Waals surface area contributed by atoms with Crippen LogP contribution in [0.3, 0.4) is 0 Å².